The molecule has 1 amide bonds. The van der Waals surface area contributed by atoms with E-state index < -0.39 is 0 Å². The molecular weight excluding hydrogens is 461 g/mol. The first-order valence-corrected chi connectivity index (χ1v) is 12.0. The summed E-state index contributed by atoms with van der Waals surface area (Å²) in [6.07, 6.45) is 4.71. The summed E-state index contributed by atoms with van der Waals surface area (Å²) < 4.78 is 2.05. The van der Waals surface area contributed by atoms with Crippen LogP contribution in [0, 0.1) is 5.92 Å². The zero-order valence-electron chi connectivity index (χ0n) is 17.9. The first kappa shape index (κ1) is 20.9. The lowest BCUT2D eigenvalue weighted by Crippen LogP contribution is -2.32. The third kappa shape index (κ3) is 3.96. The van der Waals surface area contributed by atoms with Gasteiger partial charge < -0.3 is 15.5 Å². The average molecular weight is 484 g/mol. The molecule has 1 aliphatic carbocycles. The summed E-state index contributed by atoms with van der Waals surface area (Å²) >= 11 is 12.4. The van der Waals surface area contributed by atoms with E-state index in [0.717, 1.165) is 54.4 Å². The molecule has 1 aromatic carbocycles. The van der Waals surface area contributed by atoms with E-state index >= 15 is 0 Å². The Morgan fingerprint density at radius 3 is 2.79 bits per heavy atom. The number of amides is 1. The minimum absolute atomic E-state index is 0.146. The second kappa shape index (κ2) is 8.27. The molecule has 4 heterocycles. The SMILES string of the molecule is O=C(C1CC1)N1CC[C@H](Nc2nccc(-n3c(-c4ccc(Cl)c(Cl)c4)nc4c3CNC4)n2)C1. The van der Waals surface area contributed by atoms with Gasteiger partial charge in [0.1, 0.15) is 11.6 Å². The number of anilines is 1. The fraction of sp³-hybridized carbons (Fsp3) is 0.391. The van der Waals surface area contributed by atoms with Gasteiger partial charge in [0, 0.05) is 49.9 Å². The maximum absolute atomic E-state index is 12.4. The summed E-state index contributed by atoms with van der Waals surface area (Å²) in [6, 6.07) is 7.55. The van der Waals surface area contributed by atoms with Crippen molar-refractivity contribution in [2.75, 3.05) is 18.4 Å². The van der Waals surface area contributed by atoms with Gasteiger partial charge in [-0.05, 0) is 43.5 Å². The molecule has 8 nitrogen and oxygen atoms in total. The largest absolute Gasteiger partial charge is 0.350 e. The molecule has 3 aromatic rings. The van der Waals surface area contributed by atoms with Crippen LogP contribution in [-0.4, -0.2) is 49.5 Å². The summed E-state index contributed by atoms with van der Waals surface area (Å²) in [7, 11) is 0. The lowest BCUT2D eigenvalue weighted by Gasteiger charge is -2.17. The lowest BCUT2D eigenvalue weighted by molar-refractivity contribution is -0.131. The number of carbonyl (C=O) groups is 1. The van der Waals surface area contributed by atoms with Gasteiger partial charge in [-0.15, -0.1) is 0 Å². The normalized spacial score (nSPS) is 19.7. The molecule has 1 saturated heterocycles. The molecule has 170 valence electrons. The van der Waals surface area contributed by atoms with E-state index in [1.54, 1.807) is 12.3 Å². The van der Waals surface area contributed by atoms with E-state index in [-0.39, 0.29) is 12.0 Å². The quantitative estimate of drug-likeness (QED) is 0.575. The van der Waals surface area contributed by atoms with E-state index in [1.807, 2.05) is 23.1 Å². The number of benzene rings is 1. The van der Waals surface area contributed by atoms with E-state index in [4.69, 9.17) is 33.2 Å². The number of halogens is 2. The Kier molecular flexibility index (Phi) is 5.24. The molecule has 2 fully saturated rings. The molecular formula is C23H23Cl2N7O. The Morgan fingerprint density at radius 1 is 1.09 bits per heavy atom. The molecule has 10 heteroatoms. The number of hydrogen-bond donors (Lipinski definition) is 2. The van der Waals surface area contributed by atoms with Crippen LogP contribution in [0.2, 0.25) is 10.0 Å². The molecule has 33 heavy (non-hydrogen) atoms. The van der Waals surface area contributed by atoms with Gasteiger partial charge >= 0.3 is 0 Å². The Hall–Kier alpha value is -2.68. The first-order valence-electron chi connectivity index (χ1n) is 11.2. The van der Waals surface area contributed by atoms with Crippen LogP contribution in [0.1, 0.15) is 30.7 Å². The van der Waals surface area contributed by atoms with Crippen molar-refractivity contribution in [2.45, 2.75) is 38.4 Å². The van der Waals surface area contributed by atoms with Crippen molar-refractivity contribution in [3.8, 4) is 17.2 Å². The van der Waals surface area contributed by atoms with Gasteiger partial charge in [0.15, 0.2) is 0 Å². The van der Waals surface area contributed by atoms with E-state index in [1.165, 1.54) is 0 Å². The van der Waals surface area contributed by atoms with Crippen LogP contribution in [0.3, 0.4) is 0 Å². The van der Waals surface area contributed by atoms with Crippen molar-refractivity contribution in [2.24, 2.45) is 5.92 Å². The number of rotatable bonds is 5. The van der Waals surface area contributed by atoms with Gasteiger partial charge in [-0.1, -0.05) is 23.2 Å². The van der Waals surface area contributed by atoms with Crippen LogP contribution < -0.4 is 10.6 Å². The maximum Gasteiger partial charge on any atom is 0.225 e. The second-order valence-electron chi connectivity index (χ2n) is 8.82. The predicted molar refractivity (Wildman–Crippen MR) is 126 cm³/mol. The first-order chi connectivity index (χ1) is 16.1. The lowest BCUT2D eigenvalue weighted by atomic mass is 10.2. The van der Waals surface area contributed by atoms with E-state index in [0.29, 0.717) is 41.5 Å². The summed E-state index contributed by atoms with van der Waals surface area (Å²) in [5.74, 6) is 2.59. The number of likely N-dealkylation sites (tertiary alicyclic amines) is 1. The van der Waals surface area contributed by atoms with E-state index in [2.05, 4.69) is 20.2 Å². The topological polar surface area (TPSA) is 88.0 Å². The van der Waals surface area contributed by atoms with Gasteiger partial charge in [0.05, 0.1) is 21.4 Å². The van der Waals surface area contributed by atoms with Crippen molar-refractivity contribution < 1.29 is 4.79 Å². The summed E-state index contributed by atoms with van der Waals surface area (Å²) in [5.41, 5.74) is 2.94. The van der Waals surface area contributed by atoms with Crippen LogP contribution in [0.5, 0.6) is 0 Å². The summed E-state index contributed by atoms with van der Waals surface area (Å²) in [6.45, 7) is 2.90. The van der Waals surface area contributed by atoms with Crippen molar-refractivity contribution >= 4 is 35.1 Å². The maximum atomic E-state index is 12.4. The Bertz CT molecular complexity index is 1240. The third-order valence-corrected chi connectivity index (χ3v) is 7.19. The van der Waals surface area contributed by atoms with Gasteiger partial charge in [-0.2, -0.15) is 4.98 Å². The molecule has 0 spiro atoms. The molecule has 2 N–H and O–H groups in total. The minimum Gasteiger partial charge on any atom is -0.350 e. The molecule has 2 aliphatic heterocycles. The highest BCUT2D eigenvalue weighted by Gasteiger charge is 2.36. The number of imidazole rings is 1. The Labute approximate surface area is 201 Å². The van der Waals surface area contributed by atoms with Gasteiger partial charge in [0.2, 0.25) is 11.9 Å². The highest BCUT2D eigenvalue weighted by Crippen LogP contribution is 2.33. The molecule has 1 saturated carbocycles. The average Bonchev–Trinajstić information content (AvgIpc) is 3.21. The molecule has 1 atom stereocenters. The summed E-state index contributed by atoms with van der Waals surface area (Å²) in [5, 5.41) is 7.77. The number of fused-ring (bicyclic) bond motifs is 1. The third-order valence-electron chi connectivity index (χ3n) is 6.45. The summed E-state index contributed by atoms with van der Waals surface area (Å²) in [4.78, 5) is 28.5. The smallest absolute Gasteiger partial charge is 0.225 e. The van der Waals surface area contributed by atoms with Crippen LogP contribution in [0.4, 0.5) is 5.95 Å². The molecule has 0 radical (unpaired) electrons. The molecule has 0 bridgehead atoms. The zero-order valence-corrected chi connectivity index (χ0v) is 19.4. The molecule has 2 aromatic heterocycles. The minimum atomic E-state index is 0.146. The molecule has 3 aliphatic rings. The van der Waals surface area contributed by atoms with Crippen LogP contribution >= 0.6 is 23.2 Å². The van der Waals surface area contributed by atoms with Crippen molar-refractivity contribution in [1.82, 2.24) is 29.7 Å². The number of carbonyl (C=O) groups excluding carboxylic acids is 1. The van der Waals surface area contributed by atoms with Crippen molar-refractivity contribution in [3.63, 3.8) is 0 Å². The van der Waals surface area contributed by atoms with Gasteiger partial charge in [-0.25, -0.2) is 9.97 Å². The van der Waals surface area contributed by atoms with Crippen molar-refractivity contribution in [1.29, 1.82) is 0 Å². The highest BCUT2D eigenvalue weighted by atomic mass is 35.5. The standard InChI is InChI=1S/C23H23Cl2N7O/c24-16-4-3-14(9-17(16)25)21-29-18-10-26-11-19(18)32(21)20-5-7-27-23(30-20)28-15-6-8-31(12-15)22(33)13-1-2-13/h3-5,7,9,13,15,26H,1-2,6,8,10-12H2,(H,27,28,30)/t15-/m0/s1. The Morgan fingerprint density at radius 2 is 1.97 bits per heavy atom. The monoisotopic (exact) mass is 483 g/mol. The fourth-order valence-electron chi connectivity index (χ4n) is 4.59. The van der Waals surface area contributed by atoms with Gasteiger partial charge in [0.25, 0.3) is 0 Å². The number of nitrogens with zero attached hydrogens (tertiary/aromatic N) is 5. The predicted octanol–water partition coefficient (Wildman–Crippen LogP) is 3.66. The highest BCUT2D eigenvalue weighted by molar-refractivity contribution is 6.42. The van der Waals surface area contributed by atoms with Crippen LogP contribution in [0.15, 0.2) is 30.5 Å². The van der Waals surface area contributed by atoms with E-state index in [9.17, 15) is 4.79 Å². The van der Waals surface area contributed by atoms with Gasteiger partial charge in [-0.3, -0.25) is 9.36 Å². The number of hydrogen-bond acceptors (Lipinski definition) is 6. The van der Waals surface area contributed by atoms with Crippen LogP contribution in [-0.2, 0) is 17.9 Å². The Balaban J connectivity index is 1.29. The fourth-order valence-corrected chi connectivity index (χ4v) is 4.89. The van der Waals surface area contributed by atoms with Crippen LogP contribution in [0.25, 0.3) is 17.2 Å². The van der Waals surface area contributed by atoms with Crippen molar-refractivity contribution in [3.05, 3.63) is 51.9 Å². The second-order valence-corrected chi connectivity index (χ2v) is 9.64. The zero-order chi connectivity index (χ0) is 22.5. The number of nitrogens with one attached hydrogen (secondary N) is 2. The molecule has 0 unspecified atom stereocenters. The molecule has 6 rings (SSSR count). The number of aromatic nitrogens is 4.